The fraction of sp³-hybridized carbons (Fsp3) is 0.125. The molecule has 142 valence electrons. The summed E-state index contributed by atoms with van der Waals surface area (Å²) in [5.41, 5.74) is 5.30. The van der Waals surface area contributed by atoms with E-state index in [0.717, 1.165) is 27.6 Å². The Hall–Kier alpha value is -3.91. The third-order valence-corrected chi connectivity index (χ3v) is 5.29. The van der Waals surface area contributed by atoms with Gasteiger partial charge in [-0.15, -0.1) is 0 Å². The number of nitrogens with zero attached hydrogens (tertiary/aromatic N) is 2. The van der Waals surface area contributed by atoms with Crippen LogP contribution < -0.4 is 5.32 Å². The largest absolute Gasteiger partial charge is 0.478 e. The molecule has 0 saturated carbocycles. The van der Waals surface area contributed by atoms with Crippen molar-refractivity contribution >= 4 is 16.9 Å². The Morgan fingerprint density at radius 3 is 2.52 bits per heavy atom. The van der Waals surface area contributed by atoms with Gasteiger partial charge in [0.05, 0.1) is 28.7 Å². The van der Waals surface area contributed by atoms with Gasteiger partial charge in [-0.05, 0) is 37.1 Å². The SMILES string of the molecule is CC1=C(C#N)[C@H](c2cccc3ncc(-c4ccccc4)cc23)C(C(=O)O)=C(C)N1. The summed E-state index contributed by atoms with van der Waals surface area (Å²) in [6, 6.07) is 19.8. The van der Waals surface area contributed by atoms with Crippen LogP contribution in [0.5, 0.6) is 0 Å². The number of nitrogens with one attached hydrogen (secondary N) is 1. The normalized spacial score (nSPS) is 16.5. The molecule has 0 radical (unpaired) electrons. The van der Waals surface area contributed by atoms with E-state index in [0.29, 0.717) is 17.0 Å². The van der Waals surface area contributed by atoms with E-state index in [1.807, 2.05) is 60.8 Å². The summed E-state index contributed by atoms with van der Waals surface area (Å²) in [4.78, 5) is 16.7. The van der Waals surface area contributed by atoms with Crippen LogP contribution >= 0.6 is 0 Å². The molecule has 0 bridgehead atoms. The maximum absolute atomic E-state index is 12.1. The van der Waals surface area contributed by atoms with Gasteiger partial charge in [-0.25, -0.2) is 4.79 Å². The molecule has 1 aromatic heterocycles. The second kappa shape index (κ2) is 7.25. The maximum Gasteiger partial charge on any atom is 0.334 e. The van der Waals surface area contributed by atoms with Crippen LogP contribution in [0.15, 0.2) is 83.3 Å². The summed E-state index contributed by atoms with van der Waals surface area (Å²) in [6.07, 6.45) is 1.81. The van der Waals surface area contributed by atoms with Gasteiger partial charge in [0.1, 0.15) is 0 Å². The Labute approximate surface area is 168 Å². The molecule has 0 unspecified atom stereocenters. The summed E-state index contributed by atoms with van der Waals surface area (Å²) in [5.74, 6) is -1.69. The van der Waals surface area contributed by atoms with E-state index in [9.17, 15) is 15.2 Å². The van der Waals surface area contributed by atoms with Crippen molar-refractivity contribution in [3.63, 3.8) is 0 Å². The number of pyridine rings is 1. The lowest BCUT2D eigenvalue weighted by molar-refractivity contribution is -0.133. The number of aliphatic carboxylic acids is 1. The molecule has 5 heteroatoms. The molecule has 1 aliphatic heterocycles. The van der Waals surface area contributed by atoms with Crippen LogP contribution in [-0.4, -0.2) is 16.1 Å². The van der Waals surface area contributed by atoms with Gasteiger partial charge in [-0.3, -0.25) is 4.98 Å². The van der Waals surface area contributed by atoms with E-state index in [2.05, 4.69) is 16.4 Å². The second-order valence-electron chi connectivity index (χ2n) is 7.06. The highest BCUT2D eigenvalue weighted by molar-refractivity contribution is 5.95. The molecule has 0 fully saturated rings. The molecule has 0 aliphatic carbocycles. The number of rotatable bonds is 3. The number of carbonyl (C=O) groups is 1. The first-order chi connectivity index (χ1) is 14.0. The average molecular weight is 381 g/mol. The van der Waals surface area contributed by atoms with Gasteiger partial charge in [-0.2, -0.15) is 5.26 Å². The lowest BCUT2D eigenvalue weighted by Crippen LogP contribution is -2.27. The summed E-state index contributed by atoms with van der Waals surface area (Å²) < 4.78 is 0. The average Bonchev–Trinajstić information content (AvgIpc) is 2.72. The topological polar surface area (TPSA) is 86.0 Å². The first-order valence-electron chi connectivity index (χ1n) is 9.27. The number of allylic oxidation sites excluding steroid dienone is 3. The van der Waals surface area contributed by atoms with E-state index in [4.69, 9.17) is 0 Å². The summed E-state index contributed by atoms with van der Waals surface area (Å²) >= 11 is 0. The number of dihydropyridines is 1. The van der Waals surface area contributed by atoms with Crippen molar-refractivity contribution in [3.05, 3.63) is 88.9 Å². The molecule has 0 saturated heterocycles. The van der Waals surface area contributed by atoms with Crippen LogP contribution in [-0.2, 0) is 4.79 Å². The second-order valence-corrected chi connectivity index (χ2v) is 7.06. The predicted molar refractivity (Wildman–Crippen MR) is 112 cm³/mol. The Balaban J connectivity index is 2.00. The molecule has 4 rings (SSSR count). The van der Waals surface area contributed by atoms with Crippen LogP contribution in [0.1, 0.15) is 25.3 Å². The number of benzene rings is 2. The molecule has 29 heavy (non-hydrogen) atoms. The van der Waals surface area contributed by atoms with E-state index in [1.54, 1.807) is 13.8 Å². The Morgan fingerprint density at radius 1 is 1.07 bits per heavy atom. The van der Waals surface area contributed by atoms with Crippen molar-refractivity contribution in [2.75, 3.05) is 0 Å². The van der Waals surface area contributed by atoms with Gasteiger partial charge < -0.3 is 10.4 Å². The minimum absolute atomic E-state index is 0.185. The van der Waals surface area contributed by atoms with Gasteiger partial charge in [0, 0.05) is 28.5 Å². The van der Waals surface area contributed by atoms with Crippen LogP contribution in [0.2, 0.25) is 0 Å². The highest BCUT2D eigenvalue weighted by atomic mass is 16.4. The van der Waals surface area contributed by atoms with Gasteiger partial charge in [0.15, 0.2) is 0 Å². The van der Waals surface area contributed by atoms with E-state index in [-0.39, 0.29) is 5.57 Å². The highest BCUT2D eigenvalue weighted by Gasteiger charge is 2.34. The van der Waals surface area contributed by atoms with Crippen LogP contribution in [0.4, 0.5) is 0 Å². The molecular formula is C24H19N3O2. The minimum atomic E-state index is -1.04. The Morgan fingerprint density at radius 2 is 1.83 bits per heavy atom. The third-order valence-electron chi connectivity index (χ3n) is 5.29. The Bertz CT molecular complexity index is 1230. The summed E-state index contributed by atoms with van der Waals surface area (Å²) in [6.45, 7) is 3.53. The fourth-order valence-electron chi connectivity index (χ4n) is 3.95. The predicted octanol–water partition coefficient (Wildman–Crippen LogP) is 4.74. The first kappa shape index (κ1) is 18.5. The monoisotopic (exact) mass is 381 g/mol. The highest BCUT2D eigenvalue weighted by Crippen LogP contribution is 2.41. The number of aromatic nitrogens is 1. The van der Waals surface area contributed by atoms with Gasteiger partial charge in [0.25, 0.3) is 0 Å². The number of fused-ring (bicyclic) bond motifs is 1. The molecule has 2 heterocycles. The molecule has 1 aliphatic rings. The number of carboxylic acid groups (broad SMARTS) is 1. The molecule has 2 N–H and O–H groups in total. The van der Waals surface area contributed by atoms with Crippen LogP contribution in [0.25, 0.3) is 22.0 Å². The molecule has 0 spiro atoms. The molecular weight excluding hydrogens is 362 g/mol. The number of hydrogen-bond acceptors (Lipinski definition) is 4. The zero-order valence-corrected chi connectivity index (χ0v) is 16.1. The van der Waals surface area contributed by atoms with Crippen molar-refractivity contribution in [2.24, 2.45) is 0 Å². The Kier molecular flexibility index (Phi) is 4.61. The minimum Gasteiger partial charge on any atom is -0.478 e. The van der Waals surface area contributed by atoms with Crippen molar-refractivity contribution < 1.29 is 9.90 Å². The summed E-state index contributed by atoms with van der Waals surface area (Å²) in [7, 11) is 0. The van der Waals surface area contributed by atoms with Gasteiger partial charge >= 0.3 is 5.97 Å². The van der Waals surface area contributed by atoms with E-state index in [1.165, 1.54) is 0 Å². The molecule has 0 amide bonds. The molecule has 5 nitrogen and oxygen atoms in total. The molecule has 2 aromatic carbocycles. The van der Waals surface area contributed by atoms with Gasteiger partial charge in [0.2, 0.25) is 0 Å². The lowest BCUT2D eigenvalue weighted by Gasteiger charge is -2.28. The van der Waals surface area contributed by atoms with E-state index >= 15 is 0 Å². The zero-order chi connectivity index (χ0) is 20.5. The maximum atomic E-state index is 12.1. The number of carboxylic acids is 1. The van der Waals surface area contributed by atoms with E-state index < -0.39 is 11.9 Å². The standard InChI is InChI=1S/C24H19N3O2/c1-14-20(12-25)23(22(24(28)29)15(2)27-14)18-9-6-10-21-19(18)11-17(13-26-21)16-7-4-3-5-8-16/h3-11,13,23,27H,1-2H3,(H,28,29)/t23-/m0/s1. The number of nitriles is 1. The van der Waals surface area contributed by atoms with Crippen molar-refractivity contribution in [1.82, 2.24) is 10.3 Å². The quantitative estimate of drug-likeness (QED) is 0.684. The lowest BCUT2D eigenvalue weighted by atomic mass is 9.79. The fourth-order valence-corrected chi connectivity index (χ4v) is 3.95. The number of hydrogen-bond donors (Lipinski definition) is 2. The van der Waals surface area contributed by atoms with Crippen molar-refractivity contribution in [3.8, 4) is 17.2 Å². The van der Waals surface area contributed by atoms with Crippen LogP contribution in [0, 0.1) is 11.3 Å². The first-order valence-corrected chi connectivity index (χ1v) is 9.27. The van der Waals surface area contributed by atoms with Gasteiger partial charge in [-0.1, -0.05) is 42.5 Å². The smallest absolute Gasteiger partial charge is 0.334 e. The van der Waals surface area contributed by atoms with Crippen molar-refractivity contribution in [2.45, 2.75) is 19.8 Å². The molecule has 3 aromatic rings. The summed E-state index contributed by atoms with van der Waals surface area (Å²) in [5, 5.41) is 23.6. The van der Waals surface area contributed by atoms with Crippen LogP contribution in [0.3, 0.4) is 0 Å². The zero-order valence-electron chi connectivity index (χ0n) is 16.1. The third kappa shape index (κ3) is 3.15. The van der Waals surface area contributed by atoms with Crippen molar-refractivity contribution in [1.29, 1.82) is 5.26 Å². The molecule has 1 atom stereocenters.